The number of fused-ring (bicyclic) bond motifs is 4. The molecule has 2 aliphatic rings. The Morgan fingerprint density at radius 2 is 1.74 bits per heavy atom. The highest BCUT2D eigenvalue weighted by Crippen LogP contribution is 2.56. The van der Waals surface area contributed by atoms with Crippen molar-refractivity contribution in [2.24, 2.45) is 0 Å². The Bertz CT molecular complexity index is 1290. The number of anilines is 2. The SMILES string of the molecule is CC(C)(C)c1[nH]nc2c1C1(C(=O)Nc3cc(Cl)ccc31)N(c1cc(Cl)ccc1O)C2=O. The second kappa shape index (κ2) is 6.24. The summed E-state index contributed by atoms with van der Waals surface area (Å²) in [5.41, 5.74) is 0.363. The minimum Gasteiger partial charge on any atom is -0.506 e. The van der Waals surface area contributed by atoms with Crippen LogP contribution in [0, 0.1) is 0 Å². The maximum atomic E-state index is 13.7. The first-order valence-corrected chi connectivity index (χ1v) is 10.4. The monoisotopic (exact) mass is 456 g/mol. The third-order valence-corrected chi connectivity index (χ3v) is 6.22. The van der Waals surface area contributed by atoms with E-state index < -0.39 is 22.8 Å². The van der Waals surface area contributed by atoms with Crippen LogP contribution in [0.3, 0.4) is 0 Å². The fourth-order valence-electron chi connectivity index (χ4n) is 4.47. The van der Waals surface area contributed by atoms with Gasteiger partial charge in [-0.25, -0.2) is 0 Å². The van der Waals surface area contributed by atoms with Crippen LogP contribution >= 0.6 is 23.2 Å². The molecule has 1 spiro atoms. The van der Waals surface area contributed by atoms with E-state index in [9.17, 15) is 14.7 Å². The van der Waals surface area contributed by atoms with Gasteiger partial charge in [0, 0.05) is 38.0 Å². The highest BCUT2D eigenvalue weighted by Gasteiger charge is 2.64. The summed E-state index contributed by atoms with van der Waals surface area (Å²) in [6.07, 6.45) is 0. The Balaban J connectivity index is 1.92. The van der Waals surface area contributed by atoms with Gasteiger partial charge in [0.25, 0.3) is 11.8 Å². The van der Waals surface area contributed by atoms with Gasteiger partial charge in [-0.05, 0) is 30.3 Å². The number of hydrogen-bond donors (Lipinski definition) is 3. The molecule has 1 aromatic heterocycles. The number of aromatic nitrogens is 2. The summed E-state index contributed by atoms with van der Waals surface area (Å²) in [5, 5.41) is 21.5. The largest absolute Gasteiger partial charge is 0.506 e. The molecular weight excluding hydrogens is 439 g/mol. The lowest BCUT2D eigenvalue weighted by Gasteiger charge is -2.36. The number of hydrogen-bond acceptors (Lipinski definition) is 4. The van der Waals surface area contributed by atoms with E-state index in [1.165, 1.54) is 23.1 Å². The van der Waals surface area contributed by atoms with E-state index in [1.807, 2.05) is 20.8 Å². The van der Waals surface area contributed by atoms with Crippen LogP contribution in [0.1, 0.15) is 48.1 Å². The van der Waals surface area contributed by atoms with Crippen molar-refractivity contribution in [2.75, 3.05) is 10.2 Å². The zero-order chi connectivity index (χ0) is 22.3. The number of carbonyl (C=O) groups excluding carboxylic acids is 2. The van der Waals surface area contributed by atoms with E-state index in [-0.39, 0.29) is 17.1 Å². The van der Waals surface area contributed by atoms with Crippen molar-refractivity contribution < 1.29 is 14.7 Å². The molecule has 3 heterocycles. The van der Waals surface area contributed by atoms with E-state index in [0.717, 1.165) is 0 Å². The Morgan fingerprint density at radius 1 is 1.06 bits per heavy atom. The minimum atomic E-state index is -1.58. The van der Waals surface area contributed by atoms with E-state index >= 15 is 0 Å². The van der Waals surface area contributed by atoms with Crippen molar-refractivity contribution >= 4 is 46.4 Å². The van der Waals surface area contributed by atoms with Crippen molar-refractivity contribution in [3.63, 3.8) is 0 Å². The summed E-state index contributed by atoms with van der Waals surface area (Å²) in [4.78, 5) is 28.7. The lowest BCUT2D eigenvalue weighted by atomic mass is 9.78. The number of phenolic OH excluding ortho intramolecular Hbond substituents is 1. The molecule has 158 valence electrons. The zero-order valence-electron chi connectivity index (χ0n) is 16.9. The van der Waals surface area contributed by atoms with Crippen LogP contribution < -0.4 is 10.2 Å². The number of aromatic amines is 1. The first kappa shape index (κ1) is 19.9. The Kier molecular flexibility index (Phi) is 4.01. The zero-order valence-corrected chi connectivity index (χ0v) is 18.4. The number of nitrogens with one attached hydrogen (secondary N) is 2. The van der Waals surface area contributed by atoms with Gasteiger partial charge in [0.1, 0.15) is 5.75 Å². The maximum absolute atomic E-state index is 13.7. The third-order valence-electron chi connectivity index (χ3n) is 5.75. The lowest BCUT2D eigenvalue weighted by Crippen LogP contribution is -2.51. The molecule has 1 unspecified atom stereocenters. The lowest BCUT2D eigenvalue weighted by molar-refractivity contribution is -0.119. The first-order chi connectivity index (χ1) is 14.6. The average molecular weight is 457 g/mol. The van der Waals surface area contributed by atoms with Gasteiger partial charge in [0.15, 0.2) is 11.2 Å². The maximum Gasteiger partial charge on any atom is 0.280 e. The standard InChI is InChI=1S/C22H18Cl2N4O3/c1-21(2,3)18-16-17(26-27-18)19(30)28(14-9-11(24)5-7-15(14)29)22(16)12-6-4-10(23)8-13(12)25-20(22)31/h4-9,29H,1-3H3,(H,25,31)(H,26,27). The van der Waals surface area contributed by atoms with Crippen LogP contribution in [0.2, 0.25) is 10.0 Å². The fraction of sp³-hybridized carbons (Fsp3) is 0.227. The van der Waals surface area contributed by atoms with Gasteiger partial charge in [-0.15, -0.1) is 0 Å². The van der Waals surface area contributed by atoms with Crippen molar-refractivity contribution in [3.8, 4) is 5.75 Å². The molecule has 7 nitrogen and oxygen atoms in total. The predicted molar refractivity (Wildman–Crippen MR) is 118 cm³/mol. The van der Waals surface area contributed by atoms with Gasteiger partial charge in [-0.1, -0.05) is 50.0 Å². The van der Waals surface area contributed by atoms with Crippen molar-refractivity contribution in [1.82, 2.24) is 10.2 Å². The minimum absolute atomic E-state index is 0.119. The number of rotatable bonds is 1. The Hall–Kier alpha value is -3.03. The van der Waals surface area contributed by atoms with Crippen LogP contribution in [0.15, 0.2) is 36.4 Å². The third kappa shape index (κ3) is 2.50. The molecule has 3 aromatic rings. The van der Waals surface area contributed by atoms with Crippen molar-refractivity contribution in [1.29, 1.82) is 0 Å². The molecule has 2 aromatic carbocycles. The van der Waals surface area contributed by atoms with E-state index in [0.29, 0.717) is 32.6 Å². The molecule has 1 atom stereocenters. The first-order valence-electron chi connectivity index (χ1n) is 9.60. The number of benzene rings is 2. The number of H-pyrrole nitrogens is 1. The molecule has 31 heavy (non-hydrogen) atoms. The molecule has 0 radical (unpaired) electrons. The molecule has 5 rings (SSSR count). The Morgan fingerprint density at radius 3 is 2.45 bits per heavy atom. The molecule has 2 aliphatic heterocycles. The summed E-state index contributed by atoms with van der Waals surface area (Å²) in [5.74, 6) is -1.14. The fourth-order valence-corrected chi connectivity index (χ4v) is 4.81. The number of amides is 2. The highest BCUT2D eigenvalue weighted by molar-refractivity contribution is 6.32. The molecular formula is C22H18Cl2N4O3. The number of carbonyl (C=O) groups is 2. The van der Waals surface area contributed by atoms with Crippen LogP contribution in [0.4, 0.5) is 11.4 Å². The van der Waals surface area contributed by atoms with Crippen molar-refractivity contribution in [3.05, 3.63) is 69.0 Å². The summed E-state index contributed by atoms with van der Waals surface area (Å²) >= 11 is 12.4. The van der Waals surface area contributed by atoms with Gasteiger partial charge >= 0.3 is 0 Å². The molecule has 2 amide bonds. The van der Waals surface area contributed by atoms with E-state index in [1.54, 1.807) is 18.2 Å². The molecule has 0 bridgehead atoms. The summed E-state index contributed by atoms with van der Waals surface area (Å²) in [6, 6.07) is 9.38. The van der Waals surface area contributed by atoms with Gasteiger partial charge < -0.3 is 10.4 Å². The van der Waals surface area contributed by atoms with Crippen molar-refractivity contribution in [2.45, 2.75) is 31.7 Å². The summed E-state index contributed by atoms with van der Waals surface area (Å²) < 4.78 is 0. The van der Waals surface area contributed by atoms with E-state index in [4.69, 9.17) is 23.2 Å². The summed E-state index contributed by atoms with van der Waals surface area (Å²) in [7, 11) is 0. The molecule has 0 fully saturated rings. The quantitative estimate of drug-likeness (QED) is 0.499. The van der Waals surface area contributed by atoms with Crippen LogP contribution in [0.5, 0.6) is 5.75 Å². The Labute approximate surface area is 188 Å². The highest BCUT2D eigenvalue weighted by atomic mass is 35.5. The summed E-state index contributed by atoms with van der Waals surface area (Å²) in [6.45, 7) is 5.90. The topological polar surface area (TPSA) is 98.3 Å². The van der Waals surface area contributed by atoms with Crippen LogP contribution in [-0.4, -0.2) is 27.1 Å². The van der Waals surface area contributed by atoms with Crippen LogP contribution in [0.25, 0.3) is 0 Å². The normalized spacial score (nSPS) is 19.7. The molecule has 3 N–H and O–H groups in total. The number of phenols is 1. The second-order valence-corrected chi connectivity index (χ2v) is 9.57. The number of halogens is 2. The second-order valence-electron chi connectivity index (χ2n) is 8.70. The number of nitrogens with zero attached hydrogens (tertiary/aromatic N) is 2. The number of aromatic hydroxyl groups is 1. The van der Waals surface area contributed by atoms with Gasteiger partial charge in [-0.3, -0.25) is 19.6 Å². The van der Waals surface area contributed by atoms with Gasteiger partial charge in [0.05, 0.1) is 5.69 Å². The average Bonchev–Trinajstić information content (AvgIpc) is 3.30. The van der Waals surface area contributed by atoms with E-state index in [2.05, 4.69) is 15.5 Å². The smallest absolute Gasteiger partial charge is 0.280 e. The molecule has 0 saturated heterocycles. The van der Waals surface area contributed by atoms with Gasteiger partial charge in [0.2, 0.25) is 0 Å². The van der Waals surface area contributed by atoms with Gasteiger partial charge in [-0.2, -0.15) is 5.10 Å². The molecule has 0 saturated carbocycles. The predicted octanol–water partition coefficient (Wildman–Crippen LogP) is 4.58. The molecule has 0 aliphatic carbocycles. The molecule has 9 heteroatoms. The van der Waals surface area contributed by atoms with Crippen LogP contribution in [-0.2, 0) is 15.7 Å².